The van der Waals surface area contributed by atoms with Crippen LogP contribution in [-0.2, 0) is 0 Å². The maximum absolute atomic E-state index is 10.7. The zero-order valence-corrected chi connectivity index (χ0v) is 23.1. The molecule has 0 N–H and O–H groups in total. The van der Waals surface area contributed by atoms with Gasteiger partial charge in [-0.25, -0.2) is 0 Å². The van der Waals surface area contributed by atoms with Gasteiger partial charge in [0.25, 0.3) is 0 Å². The van der Waals surface area contributed by atoms with E-state index in [-0.39, 0.29) is 0 Å². The molecule has 8 aromatic rings. The van der Waals surface area contributed by atoms with Gasteiger partial charge >= 0.3 is 0 Å². The number of nitriles is 2. The van der Waals surface area contributed by atoms with Crippen LogP contribution in [0.2, 0.25) is 0 Å². The maximum Gasteiger partial charge on any atom is 0.143 e. The van der Waals surface area contributed by atoms with Gasteiger partial charge in [-0.15, -0.1) is 11.3 Å². The van der Waals surface area contributed by atoms with Crippen LogP contribution in [0.4, 0.5) is 0 Å². The zero-order chi connectivity index (χ0) is 28.2. The third-order valence-corrected chi connectivity index (χ3v) is 9.18. The van der Waals surface area contributed by atoms with E-state index in [0.29, 0.717) is 11.1 Å². The Morgan fingerprint density at radius 1 is 0.524 bits per heavy atom. The Labute approximate surface area is 245 Å². The number of fused-ring (bicyclic) bond motifs is 6. The molecule has 42 heavy (non-hydrogen) atoms. The molecule has 0 aliphatic carbocycles. The van der Waals surface area contributed by atoms with Crippen molar-refractivity contribution < 1.29 is 4.42 Å². The van der Waals surface area contributed by atoms with E-state index in [2.05, 4.69) is 91.0 Å². The van der Waals surface area contributed by atoms with Crippen molar-refractivity contribution in [2.24, 2.45) is 0 Å². The van der Waals surface area contributed by atoms with Crippen LogP contribution in [0.3, 0.4) is 0 Å². The molecule has 4 heteroatoms. The van der Waals surface area contributed by atoms with Crippen LogP contribution in [0.25, 0.3) is 75.5 Å². The van der Waals surface area contributed by atoms with Gasteiger partial charge in [-0.2, -0.15) is 10.5 Å². The van der Waals surface area contributed by atoms with Crippen LogP contribution in [0.1, 0.15) is 11.1 Å². The summed E-state index contributed by atoms with van der Waals surface area (Å²) in [6, 6.07) is 45.5. The second kappa shape index (κ2) is 9.46. The summed E-state index contributed by atoms with van der Waals surface area (Å²) < 4.78 is 8.78. The lowest BCUT2D eigenvalue weighted by Crippen LogP contribution is -1.93. The molecule has 0 fully saturated rings. The predicted octanol–water partition coefficient (Wildman–Crippen LogP) is 10.7. The fourth-order valence-electron chi connectivity index (χ4n) is 6.05. The number of thiophene rings is 1. The Morgan fingerprint density at radius 2 is 1.24 bits per heavy atom. The third kappa shape index (κ3) is 3.64. The number of hydrogen-bond donors (Lipinski definition) is 0. The molecule has 8 rings (SSSR count). The second-order valence-electron chi connectivity index (χ2n) is 10.3. The smallest absolute Gasteiger partial charge is 0.143 e. The van der Waals surface area contributed by atoms with Crippen molar-refractivity contribution in [3.8, 4) is 45.5 Å². The minimum Gasteiger partial charge on any atom is -0.455 e. The summed E-state index contributed by atoms with van der Waals surface area (Å²) in [5.41, 5.74) is 8.17. The monoisotopic (exact) mass is 552 g/mol. The van der Waals surface area contributed by atoms with Crippen LogP contribution in [0.15, 0.2) is 126 Å². The van der Waals surface area contributed by atoms with E-state index in [1.807, 2.05) is 36.4 Å². The molecule has 2 heterocycles. The molecule has 0 bridgehead atoms. The SMILES string of the molecule is N#Cc1cccc(-c2cc(-c3cccc4c3oc3ccccc34)cc(-c3cccc4c3sc3ccccc34)c2C#N)c1. The summed E-state index contributed by atoms with van der Waals surface area (Å²) in [4.78, 5) is 0. The van der Waals surface area contributed by atoms with Crippen molar-refractivity contribution in [3.05, 3.63) is 132 Å². The summed E-state index contributed by atoms with van der Waals surface area (Å²) >= 11 is 1.75. The zero-order valence-electron chi connectivity index (χ0n) is 22.3. The highest BCUT2D eigenvalue weighted by atomic mass is 32.1. The summed E-state index contributed by atoms with van der Waals surface area (Å²) in [6.07, 6.45) is 0. The Kier molecular flexibility index (Phi) is 5.44. The Balaban J connectivity index is 1.48. The van der Waals surface area contributed by atoms with Gasteiger partial charge in [0.1, 0.15) is 17.2 Å². The van der Waals surface area contributed by atoms with E-state index >= 15 is 0 Å². The Hall–Kier alpha value is -5.68. The molecule has 3 nitrogen and oxygen atoms in total. The van der Waals surface area contributed by atoms with Gasteiger partial charge in [0, 0.05) is 53.2 Å². The van der Waals surface area contributed by atoms with E-state index in [0.717, 1.165) is 60.0 Å². The number of hydrogen-bond acceptors (Lipinski definition) is 4. The van der Waals surface area contributed by atoms with Gasteiger partial charge in [0.05, 0.1) is 17.2 Å². The molecule has 0 unspecified atom stereocenters. The van der Waals surface area contributed by atoms with Crippen LogP contribution in [0, 0.1) is 22.7 Å². The van der Waals surface area contributed by atoms with Crippen molar-refractivity contribution in [1.29, 1.82) is 10.5 Å². The van der Waals surface area contributed by atoms with Gasteiger partial charge < -0.3 is 4.42 Å². The fraction of sp³-hybridized carbons (Fsp3) is 0. The molecular formula is C38H20N2OS. The normalized spacial score (nSPS) is 11.3. The molecule has 0 aliphatic rings. The van der Waals surface area contributed by atoms with E-state index in [1.54, 1.807) is 17.4 Å². The minimum absolute atomic E-state index is 0.550. The van der Waals surface area contributed by atoms with E-state index in [4.69, 9.17) is 4.42 Å². The fourth-order valence-corrected chi connectivity index (χ4v) is 7.28. The van der Waals surface area contributed by atoms with Crippen molar-refractivity contribution >= 4 is 53.4 Å². The minimum atomic E-state index is 0.550. The van der Waals surface area contributed by atoms with Crippen molar-refractivity contribution in [1.82, 2.24) is 0 Å². The molecular weight excluding hydrogens is 532 g/mol. The molecule has 194 valence electrons. The molecule has 0 amide bonds. The molecule has 6 aromatic carbocycles. The molecule has 0 saturated carbocycles. The largest absolute Gasteiger partial charge is 0.455 e. The first kappa shape index (κ1) is 24.1. The summed E-state index contributed by atoms with van der Waals surface area (Å²) in [6.45, 7) is 0. The average Bonchev–Trinajstić information content (AvgIpc) is 3.63. The Morgan fingerprint density at radius 3 is 2.10 bits per heavy atom. The van der Waals surface area contributed by atoms with Gasteiger partial charge in [-0.1, -0.05) is 84.9 Å². The molecule has 2 aromatic heterocycles. The maximum atomic E-state index is 10.7. The van der Waals surface area contributed by atoms with E-state index in [1.165, 1.54) is 15.5 Å². The third-order valence-electron chi connectivity index (χ3n) is 7.96. The van der Waals surface area contributed by atoms with Crippen LogP contribution in [-0.4, -0.2) is 0 Å². The second-order valence-corrected chi connectivity index (χ2v) is 11.4. The highest BCUT2D eigenvalue weighted by Crippen LogP contribution is 2.45. The van der Waals surface area contributed by atoms with Crippen LogP contribution < -0.4 is 0 Å². The van der Waals surface area contributed by atoms with Crippen LogP contribution in [0.5, 0.6) is 0 Å². The van der Waals surface area contributed by atoms with Crippen molar-refractivity contribution in [2.45, 2.75) is 0 Å². The summed E-state index contributed by atoms with van der Waals surface area (Å²) in [5, 5.41) is 24.8. The van der Waals surface area contributed by atoms with Gasteiger partial charge in [0.2, 0.25) is 0 Å². The lowest BCUT2D eigenvalue weighted by atomic mass is 9.87. The molecule has 0 aliphatic heterocycles. The highest BCUT2D eigenvalue weighted by molar-refractivity contribution is 7.26. The first-order valence-corrected chi connectivity index (χ1v) is 14.4. The quantitative estimate of drug-likeness (QED) is 0.219. The predicted molar refractivity (Wildman–Crippen MR) is 172 cm³/mol. The van der Waals surface area contributed by atoms with Gasteiger partial charge in [0.15, 0.2) is 0 Å². The van der Waals surface area contributed by atoms with Crippen molar-refractivity contribution in [3.63, 3.8) is 0 Å². The van der Waals surface area contributed by atoms with Crippen molar-refractivity contribution in [2.75, 3.05) is 0 Å². The Bertz CT molecular complexity index is 2450. The number of benzene rings is 6. The number of nitrogens with zero attached hydrogens (tertiary/aromatic N) is 2. The standard InChI is InChI=1S/C38H20N2OS/c39-21-23-8-5-9-24(18-23)32-19-25(26-12-6-13-29-27-10-1-3-16-35(27)41-37(26)29)20-33(34(32)22-40)31-15-7-14-30-28-11-2-4-17-36(28)42-38(30)31/h1-20H. The lowest BCUT2D eigenvalue weighted by molar-refractivity contribution is 0.670. The number of para-hydroxylation sites is 2. The molecule has 0 radical (unpaired) electrons. The number of rotatable bonds is 3. The molecule has 0 saturated heterocycles. The average molecular weight is 553 g/mol. The van der Waals surface area contributed by atoms with E-state index < -0.39 is 0 Å². The molecule has 0 spiro atoms. The first-order valence-electron chi connectivity index (χ1n) is 13.6. The van der Waals surface area contributed by atoms with E-state index in [9.17, 15) is 10.5 Å². The highest BCUT2D eigenvalue weighted by Gasteiger charge is 2.20. The van der Waals surface area contributed by atoms with Gasteiger partial charge in [-0.05, 0) is 47.5 Å². The summed E-state index contributed by atoms with van der Waals surface area (Å²) in [5.74, 6) is 0. The van der Waals surface area contributed by atoms with Crippen LogP contribution >= 0.6 is 11.3 Å². The lowest BCUT2D eigenvalue weighted by Gasteiger charge is -2.15. The van der Waals surface area contributed by atoms with Gasteiger partial charge in [-0.3, -0.25) is 0 Å². The topological polar surface area (TPSA) is 60.7 Å². The summed E-state index contributed by atoms with van der Waals surface area (Å²) in [7, 11) is 0. The number of furan rings is 1. The first-order chi connectivity index (χ1) is 20.7. The molecule has 0 atom stereocenters.